The monoisotopic (exact) mass is 329 g/mol. The molecule has 118 valence electrons. The second-order valence-electron chi connectivity index (χ2n) is 5.23. The van der Waals surface area contributed by atoms with Crippen LogP contribution in [0.3, 0.4) is 0 Å². The third-order valence-corrected chi connectivity index (χ3v) is 4.74. The number of para-hydroxylation sites is 2. The van der Waals surface area contributed by atoms with Gasteiger partial charge in [-0.05, 0) is 31.2 Å². The van der Waals surface area contributed by atoms with E-state index < -0.39 is 21.5 Å². The molecule has 1 heterocycles. The number of aromatic nitrogens is 2. The Bertz CT molecular complexity index is 927. The zero-order valence-corrected chi connectivity index (χ0v) is 13.2. The first-order valence-electron chi connectivity index (χ1n) is 6.98. The van der Waals surface area contributed by atoms with Crippen molar-refractivity contribution in [2.24, 2.45) is 0 Å². The lowest BCUT2D eigenvalue weighted by Gasteiger charge is -2.05. The number of anilines is 1. The quantitative estimate of drug-likeness (QED) is 0.768. The fraction of sp³-hybridized carbons (Fsp3) is 0.125. The Morgan fingerprint density at radius 2 is 1.83 bits per heavy atom. The van der Waals surface area contributed by atoms with Crippen molar-refractivity contribution in [2.75, 3.05) is 11.1 Å². The number of carbonyl (C=O) groups is 1. The summed E-state index contributed by atoms with van der Waals surface area (Å²) in [7, 11) is -3.83. The minimum absolute atomic E-state index is 0.197. The molecule has 0 saturated heterocycles. The normalized spacial score (nSPS) is 11.5. The van der Waals surface area contributed by atoms with Crippen molar-refractivity contribution in [1.29, 1.82) is 0 Å². The van der Waals surface area contributed by atoms with Gasteiger partial charge in [-0.15, -0.1) is 0 Å². The third kappa shape index (κ3) is 3.40. The van der Waals surface area contributed by atoms with E-state index in [-0.39, 0.29) is 5.16 Å². The van der Waals surface area contributed by atoms with Crippen LogP contribution in [0.25, 0.3) is 11.0 Å². The van der Waals surface area contributed by atoms with Gasteiger partial charge in [0.15, 0.2) is 0 Å². The van der Waals surface area contributed by atoms with E-state index >= 15 is 0 Å². The average molecular weight is 329 g/mol. The van der Waals surface area contributed by atoms with Crippen molar-refractivity contribution in [3.63, 3.8) is 0 Å². The van der Waals surface area contributed by atoms with E-state index in [9.17, 15) is 13.2 Å². The number of benzene rings is 2. The van der Waals surface area contributed by atoms with Crippen LogP contribution in [0.15, 0.2) is 53.7 Å². The zero-order valence-electron chi connectivity index (χ0n) is 12.4. The van der Waals surface area contributed by atoms with Gasteiger partial charge in [0.1, 0.15) is 5.75 Å². The molecule has 6 nitrogen and oxygen atoms in total. The van der Waals surface area contributed by atoms with Crippen LogP contribution in [0.1, 0.15) is 5.56 Å². The number of hydrogen-bond donors (Lipinski definition) is 2. The summed E-state index contributed by atoms with van der Waals surface area (Å²) in [6.45, 7) is 1.93. The first kappa shape index (κ1) is 15.2. The summed E-state index contributed by atoms with van der Waals surface area (Å²) in [5.41, 5.74) is 2.77. The minimum atomic E-state index is -3.83. The summed E-state index contributed by atoms with van der Waals surface area (Å²) in [5.74, 6) is -1.27. The minimum Gasteiger partial charge on any atom is -0.329 e. The van der Waals surface area contributed by atoms with Crippen LogP contribution in [0.4, 0.5) is 5.69 Å². The second kappa shape index (κ2) is 5.85. The Morgan fingerprint density at radius 3 is 2.52 bits per heavy atom. The highest BCUT2D eigenvalue weighted by Crippen LogP contribution is 2.15. The van der Waals surface area contributed by atoms with Crippen molar-refractivity contribution >= 4 is 32.5 Å². The highest BCUT2D eigenvalue weighted by atomic mass is 32.2. The summed E-state index contributed by atoms with van der Waals surface area (Å²) in [6.07, 6.45) is 0. The topological polar surface area (TPSA) is 91.9 Å². The van der Waals surface area contributed by atoms with E-state index in [4.69, 9.17) is 0 Å². The molecule has 0 saturated carbocycles. The molecule has 0 unspecified atom stereocenters. The van der Waals surface area contributed by atoms with Gasteiger partial charge in [-0.2, -0.15) is 0 Å². The molecular weight excluding hydrogens is 314 g/mol. The smallest absolute Gasteiger partial charge is 0.240 e. The predicted molar refractivity (Wildman–Crippen MR) is 88.0 cm³/mol. The lowest BCUT2D eigenvalue weighted by molar-refractivity contribution is -0.113. The molecule has 2 N–H and O–H groups in total. The van der Waals surface area contributed by atoms with Gasteiger partial charge < -0.3 is 10.3 Å². The largest absolute Gasteiger partial charge is 0.329 e. The number of fused-ring (bicyclic) bond motifs is 1. The standard InChI is InChI=1S/C16H15N3O3S/c1-11-6-8-12(9-7-11)17-15(20)10-23(21,22)16-18-13-4-2-3-5-14(13)19-16/h2-9H,10H2,1H3,(H,17,20)(H,18,19). The molecule has 2 aromatic carbocycles. The summed E-state index contributed by atoms with van der Waals surface area (Å²) in [6, 6.07) is 14.1. The second-order valence-corrected chi connectivity index (χ2v) is 7.14. The number of aromatic amines is 1. The van der Waals surface area contributed by atoms with E-state index in [2.05, 4.69) is 15.3 Å². The number of nitrogens with one attached hydrogen (secondary N) is 2. The molecule has 3 rings (SSSR count). The SMILES string of the molecule is Cc1ccc(NC(=O)CS(=O)(=O)c2nc3ccccc3[nH]2)cc1. The Labute approximate surface area is 133 Å². The molecule has 23 heavy (non-hydrogen) atoms. The molecule has 0 spiro atoms. The molecule has 7 heteroatoms. The van der Waals surface area contributed by atoms with Gasteiger partial charge in [0.05, 0.1) is 11.0 Å². The fourth-order valence-corrected chi connectivity index (χ4v) is 3.21. The molecule has 0 aliphatic carbocycles. The predicted octanol–water partition coefficient (Wildman–Crippen LogP) is 2.28. The van der Waals surface area contributed by atoms with Gasteiger partial charge in [0.25, 0.3) is 0 Å². The molecule has 0 aliphatic heterocycles. The van der Waals surface area contributed by atoms with E-state index in [0.29, 0.717) is 16.7 Å². The van der Waals surface area contributed by atoms with Crippen molar-refractivity contribution in [3.8, 4) is 0 Å². The van der Waals surface area contributed by atoms with Crippen LogP contribution in [-0.2, 0) is 14.6 Å². The summed E-state index contributed by atoms with van der Waals surface area (Å²) < 4.78 is 24.6. The number of hydrogen-bond acceptors (Lipinski definition) is 4. The van der Waals surface area contributed by atoms with Crippen molar-refractivity contribution in [2.45, 2.75) is 12.1 Å². The highest BCUT2D eigenvalue weighted by Gasteiger charge is 2.23. The summed E-state index contributed by atoms with van der Waals surface area (Å²) >= 11 is 0. The first-order valence-corrected chi connectivity index (χ1v) is 8.63. The van der Waals surface area contributed by atoms with E-state index in [0.717, 1.165) is 5.56 Å². The number of aryl methyl sites for hydroxylation is 1. The van der Waals surface area contributed by atoms with Gasteiger partial charge in [0.2, 0.25) is 20.9 Å². The Morgan fingerprint density at radius 1 is 1.13 bits per heavy atom. The summed E-state index contributed by atoms with van der Waals surface area (Å²) in [5, 5.41) is 2.37. The average Bonchev–Trinajstić information content (AvgIpc) is 2.94. The van der Waals surface area contributed by atoms with Crippen molar-refractivity contribution in [3.05, 3.63) is 54.1 Å². The summed E-state index contributed by atoms with van der Waals surface area (Å²) in [4.78, 5) is 18.7. The van der Waals surface area contributed by atoms with Crippen LogP contribution in [0.5, 0.6) is 0 Å². The molecule has 3 aromatic rings. The number of sulfone groups is 1. The van der Waals surface area contributed by atoms with Crippen LogP contribution in [0.2, 0.25) is 0 Å². The van der Waals surface area contributed by atoms with E-state index in [1.807, 2.05) is 19.1 Å². The maximum absolute atomic E-state index is 12.3. The van der Waals surface area contributed by atoms with Crippen molar-refractivity contribution in [1.82, 2.24) is 9.97 Å². The maximum Gasteiger partial charge on any atom is 0.240 e. The van der Waals surface area contributed by atoms with Gasteiger partial charge in [-0.3, -0.25) is 4.79 Å². The van der Waals surface area contributed by atoms with Crippen LogP contribution in [-0.4, -0.2) is 30.0 Å². The number of carbonyl (C=O) groups excluding carboxylic acids is 1. The molecule has 1 amide bonds. The van der Waals surface area contributed by atoms with Gasteiger partial charge >= 0.3 is 0 Å². The number of amides is 1. The molecule has 0 fully saturated rings. The van der Waals surface area contributed by atoms with Gasteiger partial charge in [0, 0.05) is 5.69 Å². The molecule has 0 aliphatic rings. The van der Waals surface area contributed by atoms with Crippen molar-refractivity contribution < 1.29 is 13.2 Å². The fourth-order valence-electron chi connectivity index (χ4n) is 2.15. The number of H-pyrrole nitrogens is 1. The van der Waals surface area contributed by atoms with Crippen LogP contribution in [0, 0.1) is 6.92 Å². The maximum atomic E-state index is 12.3. The highest BCUT2D eigenvalue weighted by molar-refractivity contribution is 7.92. The lowest BCUT2D eigenvalue weighted by Crippen LogP contribution is -2.23. The zero-order chi connectivity index (χ0) is 16.4. The molecule has 0 radical (unpaired) electrons. The molecule has 0 atom stereocenters. The third-order valence-electron chi connectivity index (χ3n) is 3.32. The van der Waals surface area contributed by atoms with Crippen LogP contribution >= 0.6 is 0 Å². The van der Waals surface area contributed by atoms with E-state index in [1.54, 1.807) is 36.4 Å². The number of rotatable bonds is 4. The van der Waals surface area contributed by atoms with Gasteiger partial charge in [-0.25, -0.2) is 13.4 Å². The van der Waals surface area contributed by atoms with Crippen LogP contribution < -0.4 is 5.32 Å². The molecular formula is C16H15N3O3S. The van der Waals surface area contributed by atoms with E-state index in [1.165, 1.54) is 0 Å². The Hall–Kier alpha value is -2.67. The molecule has 0 bridgehead atoms. The molecule has 1 aromatic heterocycles. The first-order chi connectivity index (χ1) is 10.9. The Balaban J connectivity index is 1.77. The Kier molecular flexibility index (Phi) is 3.87. The number of imidazole rings is 1. The lowest BCUT2D eigenvalue weighted by atomic mass is 10.2. The number of nitrogens with zero attached hydrogens (tertiary/aromatic N) is 1. The van der Waals surface area contributed by atoms with Gasteiger partial charge in [-0.1, -0.05) is 29.8 Å².